The van der Waals surface area contributed by atoms with Crippen molar-refractivity contribution in [3.63, 3.8) is 0 Å². The van der Waals surface area contributed by atoms with Crippen molar-refractivity contribution in [2.45, 2.75) is 19.5 Å². The molecule has 31 heavy (non-hydrogen) atoms. The lowest BCUT2D eigenvalue weighted by atomic mass is 9.96. The van der Waals surface area contributed by atoms with E-state index in [0.29, 0.717) is 28.7 Å². The van der Waals surface area contributed by atoms with Crippen LogP contribution in [0.15, 0.2) is 72.1 Å². The van der Waals surface area contributed by atoms with E-state index in [9.17, 15) is 14.7 Å². The second kappa shape index (κ2) is 8.28. The third kappa shape index (κ3) is 3.92. The topological polar surface area (TPSA) is 84.7 Å². The van der Waals surface area contributed by atoms with Gasteiger partial charge in [-0.3, -0.25) is 19.2 Å². The van der Waals surface area contributed by atoms with Gasteiger partial charge in [0.25, 0.3) is 5.91 Å². The van der Waals surface area contributed by atoms with Gasteiger partial charge in [0.1, 0.15) is 5.75 Å². The number of hydrogen-bond acceptors (Lipinski definition) is 5. The number of carbonyl (C=O) groups excluding carboxylic acids is 2. The summed E-state index contributed by atoms with van der Waals surface area (Å²) in [6, 6.07) is 15.3. The summed E-state index contributed by atoms with van der Waals surface area (Å²) >= 11 is 5.94. The van der Waals surface area contributed by atoms with Crippen LogP contribution in [0, 0.1) is 0 Å². The van der Waals surface area contributed by atoms with Gasteiger partial charge >= 0.3 is 0 Å². The molecule has 0 saturated heterocycles. The number of amides is 1. The molecule has 0 bridgehead atoms. The predicted octanol–water partition coefficient (Wildman–Crippen LogP) is 4.08. The van der Waals surface area contributed by atoms with Gasteiger partial charge in [-0.25, -0.2) is 0 Å². The minimum Gasteiger partial charge on any atom is -0.503 e. The van der Waals surface area contributed by atoms with E-state index in [4.69, 9.17) is 16.3 Å². The van der Waals surface area contributed by atoms with Crippen molar-refractivity contribution >= 4 is 29.1 Å². The molecule has 7 nitrogen and oxygen atoms in total. The summed E-state index contributed by atoms with van der Waals surface area (Å²) in [7, 11) is 1.56. The standard InChI is InChI=1S/C23H20ClN3O4/c1-14(28)20-21(16-5-9-18(31-2)10-6-16)27(23(30)22(20)29)19-11-12-26(25-19)13-15-3-7-17(24)8-4-15/h3-12,21,29H,13H2,1-2H3/t21-/m1/s1. The molecule has 1 amide bonds. The number of nitrogens with zero attached hydrogens (tertiary/aromatic N) is 3. The lowest BCUT2D eigenvalue weighted by Gasteiger charge is -2.24. The number of rotatable bonds is 6. The number of halogens is 1. The summed E-state index contributed by atoms with van der Waals surface area (Å²) in [5, 5.41) is 15.6. The molecule has 0 aliphatic carbocycles. The molecule has 1 aromatic heterocycles. The van der Waals surface area contributed by atoms with E-state index in [1.807, 2.05) is 12.1 Å². The minimum atomic E-state index is -0.783. The van der Waals surface area contributed by atoms with E-state index in [1.54, 1.807) is 60.5 Å². The molecule has 1 aliphatic rings. The minimum absolute atomic E-state index is 0.0439. The lowest BCUT2D eigenvalue weighted by Crippen LogP contribution is -2.31. The van der Waals surface area contributed by atoms with Crippen molar-refractivity contribution in [3.8, 4) is 5.75 Å². The van der Waals surface area contributed by atoms with E-state index in [0.717, 1.165) is 5.56 Å². The fourth-order valence-corrected chi connectivity index (χ4v) is 3.77. The molecule has 1 atom stereocenters. The van der Waals surface area contributed by atoms with Gasteiger partial charge in [-0.1, -0.05) is 35.9 Å². The molecule has 0 unspecified atom stereocenters. The zero-order chi connectivity index (χ0) is 22.1. The van der Waals surface area contributed by atoms with Crippen molar-refractivity contribution in [3.05, 3.63) is 88.3 Å². The highest BCUT2D eigenvalue weighted by Crippen LogP contribution is 2.40. The average Bonchev–Trinajstić information content (AvgIpc) is 3.32. The zero-order valence-electron chi connectivity index (χ0n) is 16.9. The first-order valence-corrected chi connectivity index (χ1v) is 9.96. The first-order valence-electron chi connectivity index (χ1n) is 9.58. The van der Waals surface area contributed by atoms with Crippen LogP contribution in [0.1, 0.15) is 24.1 Å². The van der Waals surface area contributed by atoms with Crippen LogP contribution in [0.25, 0.3) is 0 Å². The third-order valence-corrected chi connectivity index (χ3v) is 5.40. The van der Waals surface area contributed by atoms with Gasteiger partial charge < -0.3 is 9.84 Å². The quantitative estimate of drug-likeness (QED) is 0.628. The monoisotopic (exact) mass is 437 g/mol. The van der Waals surface area contributed by atoms with Crippen LogP contribution < -0.4 is 9.64 Å². The first-order chi connectivity index (χ1) is 14.9. The number of aliphatic hydroxyl groups excluding tert-OH is 1. The van der Waals surface area contributed by atoms with Crippen molar-refractivity contribution < 1.29 is 19.4 Å². The fraction of sp³-hybridized carbons (Fsp3) is 0.174. The molecule has 2 aromatic carbocycles. The molecular weight excluding hydrogens is 418 g/mol. The van der Waals surface area contributed by atoms with Crippen molar-refractivity contribution in [1.82, 2.24) is 9.78 Å². The summed E-state index contributed by atoms with van der Waals surface area (Å²) in [4.78, 5) is 26.6. The number of aliphatic hydroxyl groups is 1. The van der Waals surface area contributed by atoms with E-state index >= 15 is 0 Å². The molecular formula is C23H20ClN3O4. The van der Waals surface area contributed by atoms with Gasteiger partial charge in [-0.2, -0.15) is 5.10 Å². The second-order valence-corrected chi connectivity index (χ2v) is 7.60. The van der Waals surface area contributed by atoms with Gasteiger partial charge in [-0.15, -0.1) is 0 Å². The highest BCUT2D eigenvalue weighted by molar-refractivity contribution is 6.30. The SMILES string of the molecule is COc1ccc([C@@H]2C(C(C)=O)=C(O)C(=O)N2c2ccn(Cc3ccc(Cl)cc3)n2)cc1. The summed E-state index contributed by atoms with van der Waals surface area (Å²) in [5.41, 5.74) is 1.70. The second-order valence-electron chi connectivity index (χ2n) is 7.17. The van der Waals surface area contributed by atoms with Crippen LogP contribution in [0.2, 0.25) is 5.02 Å². The Kier molecular flexibility index (Phi) is 5.52. The molecule has 0 spiro atoms. The Morgan fingerprint density at radius 2 is 1.81 bits per heavy atom. The normalized spacial score (nSPS) is 16.2. The van der Waals surface area contributed by atoms with Gasteiger partial charge in [0.05, 0.1) is 25.3 Å². The summed E-state index contributed by atoms with van der Waals surface area (Å²) in [6.45, 7) is 1.81. The first kappa shape index (κ1) is 20.7. The number of ketones is 1. The maximum absolute atomic E-state index is 12.9. The van der Waals surface area contributed by atoms with Crippen molar-refractivity contribution in [2.24, 2.45) is 0 Å². The Labute approximate surface area is 184 Å². The fourth-order valence-electron chi connectivity index (χ4n) is 3.65. The number of benzene rings is 2. The van der Waals surface area contributed by atoms with Gasteiger partial charge in [-0.05, 0) is 42.3 Å². The van der Waals surface area contributed by atoms with Crippen LogP contribution in [-0.2, 0) is 16.1 Å². The highest BCUT2D eigenvalue weighted by atomic mass is 35.5. The van der Waals surface area contributed by atoms with E-state index in [1.165, 1.54) is 11.8 Å². The molecule has 0 fully saturated rings. The molecule has 8 heteroatoms. The number of Topliss-reactive ketones (excluding diaryl/α,β-unsaturated/α-hetero) is 1. The number of methoxy groups -OCH3 is 1. The molecule has 0 saturated carbocycles. The van der Waals surface area contributed by atoms with Gasteiger partial charge in [0.15, 0.2) is 17.4 Å². The molecule has 4 rings (SSSR count). The van der Waals surface area contributed by atoms with Crippen LogP contribution in [0.5, 0.6) is 5.75 Å². The largest absolute Gasteiger partial charge is 0.503 e. The summed E-state index contributed by atoms with van der Waals surface area (Å²) in [5.74, 6) is -0.620. The molecule has 1 N–H and O–H groups in total. The number of ether oxygens (including phenoxy) is 1. The van der Waals surface area contributed by atoms with Crippen LogP contribution in [0.4, 0.5) is 5.82 Å². The number of hydrogen-bond donors (Lipinski definition) is 1. The average molecular weight is 438 g/mol. The predicted molar refractivity (Wildman–Crippen MR) is 116 cm³/mol. The molecule has 3 aromatic rings. The number of carbonyl (C=O) groups is 2. The Hall–Kier alpha value is -3.58. The van der Waals surface area contributed by atoms with E-state index in [2.05, 4.69) is 5.10 Å². The van der Waals surface area contributed by atoms with E-state index in [-0.39, 0.29) is 11.4 Å². The maximum Gasteiger partial charge on any atom is 0.295 e. The van der Waals surface area contributed by atoms with Crippen LogP contribution >= 0.6 is 11.6 Å². The van der Waals surface area contributed by atoms with Crippen molar-refractivity contribution in [1.29, 1.82) is 0 Å². The van der Waals surface area contributed by atoms with Crippen LogP contribution in [-0.4, -0.2) is 33.7 Å². The molecule has 2 heterocycles. The molecule has 1 aliphatic heterocycles. The Morgan fingerprint density at radius 1 is 1.13 bits per heavy atom. The maximum atomic E-state index is 12.9. The summed E-state index contributed by atoms with van der Waals surface area (Å²) < 4.78 is 6.87. The van der Waals surface area contributed by atoms with Gasteiger partial charge in [0.2, 0.25) is 0 Å². The van der Waals surface area contributed by atoms with Gasteiger partial charge in [0, 0.05) is 17.3 Å². The Bertz CT molecular complexity index is 1170. The smallest absolute Gasteiger partial charge is 0.295 e. The van der Waals surface area contributed by atoms with Crippen molar-refractivity contribution in [2.75, 3.05) is 12.0 Å². The summed E-state index contributed by atoms with van der Waals surface area (Å²) in [6.07, 6.45) is 1.74. The highest BCUT2D eigenvalue weighted by Gasteiger charge is 2.44. The Balaban J connectivity index is 1.70. The Morgan fingerprint density at radius 3 is 2.42 bits per heavy atom. The third-order valence-electron chi connectivity index (χ3n) is 5.15. The molecule has 158 valence electrons. The number of anilines is 1. The molecule has 0 radical (unpaired) electrons. The zero-order valence-corrected chi connectivity index (χ0v) is 17.7. The lowest BCUT2D eigenvalue weighted by molar-refractivity contribution is -0.117. The number of aromatic nitrogens is 2. The van der Waals surface area contributed by atoms with E-state index < -0.39 is 17.7 Å². The van der Waals surface area contributed by atoms with Crippen LogP contribution in [0.3, 0.4) is 0 Å².